The van der Waals surface area contributed by atoms with Crippen molar-refractivity contribution in [3.8, 4) is 5.69 Å². The van der Waals surface area contributed by atoms with Gasteiger partial charge < -0.3 is 30.6 Å². The molecule has 5 N–H and O–H groups in total. The Kier molecular flexibility index (Phi) is 13.0. The molecule has 0 saturated carbocycles. The van der Waals surface area contributed by atoms with Gasteiger partial charge in [-0.05, 0) is 37.9 Å². The van der Waals surface area contributed by atoms with E-state index in [4.69, 9.17) is 51.2 Å². The van der Waals surface area contributed by atoms with Gasteiger partial charge in [0, 0.05) is 24.2 Å². The molecular weight excluding hydrogens is 510 g/mol. The molecule has 0 bridgehead atoms. The van der Waals surface area contributed by atoms with Gasteiger partial charge in [0.2, 0.25) is 0 Å². The molecule has 198 valence electrons. The molecule has 37 heavy (non-hydrogen) atoms. The van der Waals surface area contributed by atoms with Crippen LogP contribution in [0.5, 0.6) is 0 Å². The fraction of sp³-hybridized carbons (Fsp3) is 0.217. The zero-order valence-corrected chi connectivity index (χ0v) is 20.6. The molecule has 1 unspecified atom stereocenters. The zero-order chi connectivity index (χ0) is 28.0. The van der Waals surface area contributed by atoms with Gasteiger partial charge in [-0.1, -0.05) is 48.0 Å². The molecule has 1 heterocycles. The third-order valence-electron chi connectivity index (χ3n) is 4.42. The van der Waals surface area contributed by atoms with E-state index in [0.717, 1.165) is 28.5 Å². The third-order valence-corrected chi connectivity index (χ3v) is 4.77. The van der Waals surface area contributed by atoms with Gasteiger partial charge in [-0.15, -0.1) is 0 Å². The second-order valence-corrected chi connectivity index (χ2v) is 7.72. The zero-order valence-electron chi connectivity index (χ0n) is 19.9. The number of aliphatic carboxylic acids is 4. The maximum absolute atomic E-state index is 9.10. The van der Waals surface area contributed by atoms with Crippen LogP contribution in [0, 0.1) is 0 Å². The fourth-order valence-corrected chi connectivity index (χ4v) is 2.98. The highest BCUT2D eigenvalue weighted by molar-refractivity contribution is 6.31. The summed E-state index contributed by atoms with van der Waals surface area (Å²) in [5.74, 6) is -7.30. The molecule has 3 aromatic rings. The average molecular weight is 536 g/mol. The van der Waals surface area contributed by atoms with Crippen LogP contribution < -0.4 is 5.32 Å². The molecular formula is C23H26ClN5O8. The predicted octanol–water partition coefficient (Wildman–Crippen LogP) is 1.62. The minimum atomic E-state index is -1.82. The van der Waals surface area contributed by atoms with Crippen LogP contribution in [0.25, 0.3) is 5.69 Å². The lowest BCUT2D eigenvalue weighted by Gasteiger charge is -2.25. The second kappa shape index (κ2) is 15.6. The largest absolute Gasteiger partial charge is 0.473 e. The predicted molar refractivity (Wildman–Crippen MR) is 131 cm³/mol. The molecule has 3 rings (SSSR count). The third kappa shape index (κ3) is 11.3. The van der Waals surface area contributed by atoms with Crippen molar-refractivity contribution in [3.63, 3.8) is 0 Å². The normalized spacial score (nSPS) is 10.8. The molecule has 0 saturated heterocycles. The number of aromatic nitrogens is 3. The van der Waals surface area contributed by atoms with Gasteiger partial charge in [-0.3, -0.25) is 0 Å². The van der Waals surface area contributed by atoms with Gasteiger partial charge in [0.15, 0.2) is 0 Å². The van der Waals surface area contributed by atoms with Crippen molar-refractivity contribution in [2.45, 2.75) is 12.6 Å². The van der Waals surface area contributed by atoms with Gasteiger partial charge in [-0.25, -0.2) is 19.2 Å². The maximum Gasteiger partial charge on any atom is 0.414 e. The molecule has 0 aliphatic carbocycles. The van der Waals surface area contributed by atoms with E-state index in [2.05, 4.69) is 40.6 Å². The number of para-hydroxylation sites is 1. The van der Waals surface area contributed by atoms with E-state index in [1.807, 2.05) is 48.5 Å². The number of nitrogens with one attached hydrogen (secondary N) is 1. The minimum Gasteiger partial charge on any atom is -0.473 e. The van der Waals surface area contributed by atoms with Crippen LogP contribution in [0.15, 0.2) is 60.8 Å². The Morgan fingerprint density at radius 2 is 1.41 bits per heavy atom. The molecule has 0 aliphatic rings. The van der Waals surface area contributed by atoms with Gasteiger partial charge in [0.1, 0.15) is 0 Å². The van der Waals surface area contributed by atoms with E-state index in [1.54, 1.807) is 11.0 Å². The maximum atomic E-state index is 9.10. The van der Waals surface area contributed by atoms with Crippen LogP contribution in [0.1, 0.15) is 17.3 Å². The number of carboxylic acids is 4. The lowest BCUT2D eigenvalue weighted by Crippen LogP contribution is -2.31. The first-order valence-corrected chi connectivity index (χ1v) is 10.8. The fourth-order valence-electron chi connectivity index (χ4n) is 2.71. The number of nitrogens with zero attached hydrogens (tertiary/aromatic N) is 4. The number of hydrogen-bond acceptors (Lipinski definition) is 8. The highest BCUT2D eigenvalue weighted by Crippen LogP contribution is 2.25. The lowest BCUT2D eigenvalue weighted by molar-refractivity contribution is -0.159. The van der Waals surface area contributed by atoms with Crippen molar-refractivity contribution in [1.29, 1.82) is 0 Å². The number of halogens is 1. The summed E-state index contributed by atoms with van der Waals surface area (Å²) in [4.78, 5) is 40.2. The topological polar surface area (TPSA) is 195 Å². The van der Waals surface area contributed by atoms with Gasteiger partial charge in [0.05, 0.1) is 17.6 Å². The molecule has 1 atom stereocenters. The number of likely N-dealkylation sites (N-methyl/N-ethyl adjacent to an activating group) is 1. The van der Waals surface area contributed by atoms with E-state index >= 15 is 0 Å². The Labute approximate surface area is 216 Å². The van der Waals surface area contributed by atoms with Crippen molar-refractivity contribution in [2.75, 3.05) is 20.6 Å². The Bertz CT molecular complexity index is 1140. The molecule has 0 fully saturated rings. The standard InChI is InChI=1S/C19H22ClN5.2C2H2O4/c1-24(2)19(17-10-6-7-11-18(17)20)14-21-12-15-13-22-25(23-15)16-8-4-3-5-9-16;2*3-1(4)2(5)6/h3-11,13,19,21H,12,14H2,1-2H3;2*(H,3,4)(H,5,6). The van der Waals surface area contributed by atoms with Crippen LogP contribution in [0.3, 0.4) is 0 Å². The Morgan fingerprint density at radius 3 is 1.89 bits per heavy atom. The highest BCUT2D eigenvalue weighted by atomic mass is 35.5. The summed E-state index contributed by atoms with van der Waals surface area (Å²) in [6.45, 7) is 1.43. The molecule has 2 aromatic carbocycles. The smallest absolute Gasteiger partial charge is 0.414 e. The van der Waals surface area contributed by atoms with Crippen LogP contribution in [-0.2, 0) is 25.7 Å². The summed E-state index contributed by atoms with van der Waals surface area (Å²) in [5.41, 5.74) is 2.98. The van der Waals surface area contributed by atoms with E-state index in [9.17, 15) is 0 Å². The number of carbonyl (C=O) groups is 4. The summed E-state index contributed by atoms with van der Waals surface area (Å²) in [7, 11) is 4.11. The summed E-state index contributed by atoms with van der Waals surface area (Å²) in [6.07, 6.45) is 1.79. The second-order valence-electron chi connectivity index (χ2n) is 7.31. The first-order valence-electron chi connectivity index (χ1n) is 10.4. The van der Waals surface area contributed by atoms with E-state index in [-0.39, 0.29) is 6.04 Å². The van der Waals surface area contributed by atoms with Crippen molar-refractivity contribution >= 4 is 35.5 Å². The number of rotatable bonds is 7. The highest BCUT2D eigenvalue weighted by Gasteiger charge is 2.16. The van der Waals surface area contributed by atoms with Crippen molar-refractivity contribution in [3.05, 3.63) is 77.1 Å². The molecule has 13 nitrogen and oxygen atoms in total. The molecule has 0 amide bonds. The monoisotopic (exact) mass is 535 g/mol. The van der Waals surface area contributed by atoms with Gasteiger partial charge >= 0.3 is 23.9 Å². The van der Waals surface area contributed by atoms with Gasteiger partial charge in [-0.2, -0.15) is 15.0 Å². The summed E-state index contributed by atoms with van der Waals surface area (Å²) in [6, 6.07) is 18.1. The number of hydrogen-bond donors (Lipinski definition) is 5. The van der Waals surface area contributed by atoms with E-state index in [1.165, 1.54) is 0 Å². The molecule has 1 aromatic heterocycles. The number of benzene rings is 2. The van der Waals surface area contributed by atoms with E-state index in [0.29, 0.717) is 6.54 Å². The Hall–Kier alpha value is -4.33. The Balaban J connectivity index is 0.000000476. The van der Waals surface area contributed by atoms with Gasteiger partial charge in [0.25, 0.3) is 0 Å². The molecule has 14 heteroatoms. The Morgan fingerprint density at radius 1 is 0.892 bits per heavy atom. The average Bonchev–Trinajstić information content (AvgIpc) is 3.32. The van der Waals surface area contributed by atoms with Crippen LogP contribution in [0.4, 0.5) is 0 Å². The SMILES string of the molecule is CN(C)C(CNCc1cnn(-c2ccccc2)n1)c1ccccc1Cl.O=C(O)C(=O)O.O=C(O)C(=O)O. The van der Waals surface area contributed by atoms with E-state index < -0.39 is 23.9 Å². The molecule has 0 radical (unpaired) electrons. The minimum absolute atomic E-state index is 0.192. The lowest BCUT2D eigenvalue weighted by atomic mass is 10.1. The molecule has 0 spiro atoms. The van der Waals surface area contributed by atoms with Crippen LogP contribution in [0.2, 0.25) is 5.02 Å². The molecule has 0 aliphatic heterocycles. The van der Waals surface area contributed by atoms with Crippen molar-refractivity contribution in [1.82, 2.24) is 25.2 Å². The van der Waals surface area contributed by atoms with Crippen molar-refractivity contribution in [2.24, 2.45) is 0 Å². The first-order chi connectivity index (χ1) is 17.4. The number of carboxylic acid groups (broad SMARTS) is 4. The first kappa shape index (κ1) is 30.7. The summed E-state index contributed by atoms with van der Waals surface area (Å²) >= 11 is 6.35. The quantitative estimate of drug-likeness (QED) is 0.275. The summed E-state index contributed by atoms with van der Waals surface area (Å²) in [5, 5.41) is 42.7. The van der Waals surface area contributed by atoms with Crippen molar-refractivity contribution < 1.29 is 39.6 Å². The van der Waals surface area contributed by atoms with Crippen LogP contribution >= 0.6 is 11.6 Å². The summed E-state index contributed by atoms with van der Waals surface area (Å²) < 4.78 is 0. The van der Waals surface area contributed by atoms with Crippen LogP contribution in [-0.4, -0.2) is 84.8 Å².